The van der Waals surface area contributed by atoms with Crippen LogP contribution in [-0.2, 0) is 19.1 Å². The Morgan fingerprint density at radius 2 is 1.97 bits per heavy atom. The van der Waals surface area contributed by atoms with Crippen molar-refractivity contribution < 1.29 is 38.1 Å². The lowest BCUT2D eigenvalue weighted by Gasteiger charge is -2.64. The summed E-state index contributed by atoms with van der Waals surface area (Å²) in [5, 5.41) is 23.0. The van der Waals surface area contributed by atoms with Gasteiger partial charge in [0.1, 0.15) is 11.8 Å². The van der Waals surface area contributed by atoms with E-state index in [0.29, 0.717) is 0 Å². The number of aliphatic hydroxyl groups is 2. The standard InChI is InChI=1S/C24H29BrF2O6/c1-11-7-14-18-19(25)20(26)15-8-13(29)5-6-21(15,3)23(18,27)16(30)9-22(14,4)24(11,32)17(31)10-33-12(2)28/h5-6,8,11,14,16,18-20,30,32H,7,9-10H2,1-4H3/t11?,14-,16?,18+,19?,20?,21-,22-,23+,24-/m0/s1. The van der Waals surface area contributed by atoms with E-state index in [1.54, 1.807) is 13.8 Å². The number of ketones is 2. The Bertz CT molecular complexity index is 982. The fourth-order valence-electron chi connectivity index (χ4n) is 7.35. The van der Waals surface area contributed by atoms with Gasteiger partial charge in [0, 0.05) is 23.7 Å². The average Bonchev–Trinajstić information content (AvgIpc) is 2.93. The molecule has 0 aliphatic heterocycles. The second kappa shape index (κ2) is 7.52. The molecule has 0 aromatic carbocycles. The molecule has 4 rings (SSSR count). The largest absolute Gasteiger partial charge is 0.458 e. The van der Waals surface area contributed by atoms with Crippen LogP contribution in [0.2, 0.25) is 0 Å². The van der Waals surface area contributed by atoms with Crippen molar-refractivity contribution in [1.29, 1.82) is 0 Å². The zero-order valence-corrected chi connectivity index (χ0v) is 20.6. The Hall–Kier alpha value is -1.45. The summed E-state index contributed by atoms with van der Waals surface area (Å²) >= 11 is 3.33. The van der Waals surface area contributed by atoms with Gasteiger partial charge in [-0.1, -0.05) is 35.9 Å². The van der Waals surface area contributed by atoms with Crippen molar-refractivity contribution in [2.24, 2.45) is 28.6 Å². The van der Waals surface area contributed by atoms with Crippen molar-refractivity contribution in [3.8, 4) is 0 Å². The zero-order chi connectivity index (χ0) is 24.7. The highest BCUT2D eigenvalue weighted by molar-refractivity contribution is 9.09. The van der Waals surface area contributed by atoms with Crippen LogP contribution in [0.15, 0.2) is 23.8 Å². The van der Waals surface area contributed by atoms with Crippen LogP contribution < -0.4 is 0 Å². The normalized spacial score (nSPS) is 50.7. The van der Waals surface area contributed by atoms with Gasteiger partial charge < -0.3 is 14.9 Å². The maximum Gasteiger partial charge on any atom is 0.303 e. The predicted octanol–water partition coefficient (Wildman–Crippen LogP) is 2.79. The number of hydrogen-bond acceptors (Lipinski definition) is 6. The third-order valence-electron chi connectivity index (χ3n) is 9.06. The van der Waals surface area contributed by atoms with Crippen LogP contribution in [-0.4, -0.2) is 62.7 Å². The Kier molecular flexibility index (Phi) is 5.62. The molecule has 2 N–H and O–H groups in total. The van der Waals surface area contributed by atoms with E-state index in [2.05, 4.69) is 15.9 Å². The number of halogens is 3. The molecule has 4 unspecified atom stereocenters. The Morgan fingerprint density at radius 3 is 2.58 bits per heavy atom. The molecule has 0 saturated heterocycles. The van der Waals surface area contributed by atoms with E-state index in [4.69, 9.17) is 4.74 Å². The highest BCUT2D eigenvalue weighted by Gasteiger charge is 2.78. The van der Waals surface area contributed by atoms with Crippen LogP contribution in [0.1, 0.15) is 40.5 Å². The van der Waals surface area contributed by atoms with Crippen LogP contribution in [0, 0.1) is 28.6 Å². The summed E-state index contributed by atoms with van der Waals surface area (Å²) in [6.07, 6.45) is 0.250. The van der Waals surface area contributed by atoms with Gasteiger partial charge in [0.25, 0.3) is 0 Å². The summed E-state index contributed by atoms with van der Waals surface area (Å²) in [6.45, 7) is 5.28. The molecule has 9 heteroatoms. The molecule has 0 heterocycles. The number of Topliss-reactive ketones (excluding diaryl/α,β-unsaturated/α-hetero) is 1. The fourth-order valence-corrected chi connectivity index (χ4v) is 8.39. The minimum Gasteiger partial charge on any atom is -0.458 e. The molecule has 10 atom stereocenters. The van der Waals surface area contributed by atoms with Crippen molar-refractivity contribution in [3.63, 3.8) is 0 Å². The quantitative estimate of drug-likeness (QED) is 0.429. The lowest BCUT2D eigenvalue weighted by atomic mass is 9.44. The minimum atomic E-state index is -2.35. The summed E-state index contributed by atoms with van der Waals surface area (Å²) in [7, 11) is 0. The Balaban J connectivity index is 1.84. The summed E-state index contributed by atoms with van der Waals surface area (Å²) in [6, 6.07) is 0. The average molecular weight is 531 g/mol. The van der Waals surface area contributed by atoms with E-state index in [1.165, 1.54) is 19.1 Å². The summed E-state index contributed by atoms with van der Waals surface area (Å²) in [5.74, 6) is -4.25. The third kappa shape index (κ3) is 2.91. The molecule has 0 aromatic heterocycles. The van der Waals surface area contributed by atoms with Crippen molar-refractivity contribution in [1.82, 2.24) is 0 Å². The maximum atomic E-state index is 17.2. The van der Waals surface area contributed by atoms with E-state index >= 15 is 8.78 Å². The third-order valence-corrected chi connectivity index (χ3v) is 10.1. The Morgan fingerprint density at radius 1 is 1.33 bits per heavy atom. The fraction of sp³-hybridized carbons (Fsp3) is 0.708. The molecule has 4 aliphatic carbocycles. The van der Waals surface area contributed by atoms with Gasteiger partial charge in [-0.05, 0) is 49.3 Å². The number of aliphatic hydroxyl groups excluding tert-OH is 1. The van der Waals surface area contributed by atoms with Crippen LogP contribution in [0.4, 0.5) is 8.78 Å². The molecule has 3 saturated carbocycles. The predicted molar refractivity (Wildman–Crippen MR) is 118 cm³/mol. The van der Waals surface area contributed by atoms with Gasteiger partial charge in [-0.25, -0.2) is 8.78 Å². The van der Waals surface area contributed by atoms with Crippen LogP contribution in [0.5, 0.6) is 0 Å². The van der Waals surface area contributed by atoms with Gasteiger partial charge in [-0.3, -0.25) is 14.4 Å². The molecule has 0 aromatic rings. The van der Waals surface area contributed by atoms with Gasteiger partial charge >= 0.3 is 5.97 Å². The number of esters is 1. The summed E-state index contributed by atoms with van der Waals surface area (Å²) < 4.78 is 37.8. The number of hydrogen-bond donors (Lipinski definition) is 2. The SMILES string of the molecule is CC(=O)OCC(=O)[C@@]1(O)C(C)C[C@H]2[C@@H]3C(Br)C(F)C4=CC(=O)C=C[C@]4(C)[C@@]3(F)C(O)C[C@@]21C. The number of carbonyl (C=O) groups is 3. The molecule has 182 valence electrons. The summed E-state index contributed by atoms with van der Waals surface area (Å²) in [4.78, 5) is 35.2. The first-order chi connectivity index (χ1) is 15.2. The lowest BCUT2D eigenvalue weighted by molar-refractivity contribution is -0.222. The van der Waals surface area contributed by atoms with Crippen molar-refractivity contribution in [3.05, 3.63) is 23.8 Å². The van der Waals surface area contributed by atoms with Gasteiger partial charge in [0.15, 0.2) is 18.1 Å². The van der Waals surface area contributed by atoms with Crippen molar-refractivity contribution in [2.75, 3.05) is 6.61 Å². The molecule has 6 nitrogen and oxygen atoms in total. The number of fused-ring (bicyclic) bond motifs is 5. The second-order valence-corrected chi connectivity index (χ2v) is 11.6. The highest BCUT2D eigenvalue weighted by Crippen LogP contribution is 2.71. The maximum absolute atomic E-state index is 17.2. The first-order valence-corrected chi connectivity index (χ1v) is 12.1. The van der Waals surface area contributed by atoms with Gasteiger partial charge in [0.05, 0.1) is 10.9 Å². The second-order valence-electron chi connectivity index (χ2n) is 10.5. The van der Waals surface area contributed by atoms with Crippen molar-refractivity contribution >= 4 is 33.5 Å². The van der Waals surface area contributed by atoms with Gasteiger partial charge in [0.2, 0.25) is 5.78 Å². The van der Waals surface area contributed by atoms with Gasteiger partial charge in [-0.15, -0.1) is 0 Å². The minimum absolute atomic E-state index is 0.0227. The van der Waals surface area contributed by atoms with E-state index in [1.807, 2.05) is 0 Å². The van der Waals surface area contributed by atoms with E-state index in [0.717, 1.165) is 13.0 Å². The lowest BCUT2D eigenvalue weighted by Crippen LogP contribution is -2.73. The molecule has 0 amide bonds. The van der Waals surface area contributed by atoms with E-state index in [9.17, 15) is 24.6 Å². The number of carbonyl (C=O) groups excluding carboxylic acids is 3. The molecule has 0 spiro atoms. The van der Waals surface area contributed by atoms with Crippen LogP contribution >= 0.6 is 15.9 Å². The van der Waals surface area contributed by atoms with E-state index in [-0.39, 0.29) is 18.4 Å². The van der Waals surface area contributed by atoms with Gasteiger partial charge in [-0.2, -0.15) is 0 Å². The topological polar surface area (TPSA) is 101 Å². The van der Waals surface area contributed by atoms with Crippen LogP contribution in [0.3, 0.4) is 0 Å². The number of rotatable bonds is 3. The smallest absolute Gasteiger partial charge is 0.303 e. The number of allylic oxidation sites excluding steroid dienone is 4. The first-order valence-electron chi connectivity index (χ1n) is 11.2. The molecule has 33 heavy (non-hydrogen) atoms. The molecule has 3 fully saturated rings. The molecular weight excluding hydrogens is 502 g/mol. The molecule has 4 aliphatic rings. The van der Waals surface area contributed by atoms with Crippen LogP contribution in [0.25, 0.3) is 0 Å². The summed E-state index contributed by atoms with van der Waals surface area (Å²) in [5.41, 5.74) is -7.22. The molecular formula is C24H29BrF2O6. The molecule has 0 bridgehead atoms. The number of alkyl halides is 3. The zero-order valence-electron chi connectivity index (χ0n) is 19.0. The number of ether oxygens (including phenoxy) is 1. The molecule has 0 radical (unpaired) electrons. The first kappa shape index (κ1) is 24.7. The highest BCUT2D eigenvalue weighted by atomic mass is 79.9. The van der Waals surface area contributed by atoms with Crippen molar-refractivity contribution in [2.45, 2.75) is 68.9 Å². The van der Waals surface area contributed by atoms with E-state index < -0.39 is 81.1 Å². The monoisotopic (exact) mass is 530 g/mol. The Labute approximate surface area is 199 Å².